The molecule has 1 aliphatic rings. The molecule has 0 saturated heterocycles. The Morgan fingerprint density at radius 1 is 1.50 bits per heavy atom. The molecule has 0 atom stereocenters. The molecule has 0 aromatic carbocycles. The normalized spacial score (nSPS) is 15.6. The highest BCUT2D eigenvalue weighted by Crippen LogP contribution is 2.24. The molecule has 1 aromatic rings. The second-order valence-electron chi connectivity index (χ2n) is 4.32. The van der Waals surface area contributed by atoms with Gasteiger partial charge < -0.3 is 10.1 Å². The summed E-state index contributed by atoms with van der Waals surface area (Å²) >= 11 is 1.80. The standard InChI is InChI=1S/C12H20N2OS/c1-3-4-10-11(7-13-9-5-6-9)16-12(14-10)8-15-2/h9,13H,3-8H2,1-2H3. The molecule has 90 valence electrons. The van der Waals surface area contributed by atoms with Crippen molar-refractivity contribution in [3.8, 4) is 0 Å². The molecule has 3 nitrogen and oxygen atoms in total. The molecule has 1 fully saturated rings. The highest BCUT2D eigenvalue weighted by atomic mass is 32.1. The molecular formula is C12H20N2OS. The summed E-state index contributed by atoms with van der Waals surface area (Å²) in [6.07, 6.45) is 4.92. The van der Waals surface area contributed by atoms with Gasteiger partial charge in [-0.2, -0.15) is 0 Å². The summed E-state index contributed by atoms with van der Waals surface area (Å²) in [5, 5.41) is 4.67. The third-order valence-electron chi connectivity index (χ3n) is 2.71. The molecule has 4 heteroatoms. The van der Waals surface area contributed by atoms with Gasteiger partial charge in [-0.3, -0.25) is 0 Å². The van der Waals surface area contributed by atoms with Crippen LogP contribution >= 0.6 is 11.3 Å². The van der Waals surface area contributed by atoms with Gasteiger partial charge in [0.05, 0.1) is 12.3 Å². The summed E-state index contributed by atoms with van der Waals surface area (Å²) in [4.78, 5) is 6.05. The van der Waals surface area contributed by atoms with Gasteiger partial charge in [0.25, 0.3) is 0 Å². The van der Waals surface area contributed by atoms with Crippen molar-refractivity contribution < 1.29 is 4.74 Å². The quantitative estimate of drug-likeness (QED) is 0.795. The molecule has 1 heterocycles. The summed E-state index contributed by atoms with van der Waals surface area (Å²) in [7, 11) is 1.73. The minimum absolute atomic E-state index is 0.644. The van der Waals surface area contributed by atoms with Gasteiger partial charge in [-0.15, -0.1) is 11.3 Å². The van der Waals surface area contributed by atoms with E-state index in [0.717, 1.165) is 30.4 Å². The molecule has 0 unspecified atom stereocenters. The average molecular weight is 240 g/mol. The third-order valence-corrected chi connectivity index (χ3v) is 3.78. The van der Waals surface area contributed by atoms with E-state index in [1.807, 2.05) is 0 Å². The maximum absolute atomic E-state index is 5.14. The fraction of sp³-hybridized carbons (Fsp3) is 0.750. The lowest BCUT2D eigenvalue weighted by Gasteiger charge is -2.01. The van der Waals surface area contributed by atoms with E-state index in [0.29, 0.717) is 6.61 Å². The number of nitrogens with one attached hydrogen (secondary N) is 1. The Bertz CT molecular complexity index is 334. The Morgan fingerprint density at radius 2 is 2.31 bits per heavy atom. The van der Waals surface area contributed by atoms with Gasteiger partial charge in [-0.05, 0) is 19.3 Å². The van der Waals surface area contributed by atoms with Crippen molar-refractivity contribution in [3.05, 3.63) is 15.6 Å². The summed E-state index contributed by atoms with van der Waals surface area (Å²) in [5.74, 6) is 0. The first-order chi connectivity index (χ1) is 7.83. The zero-order valence-electron chi connectivity index (χ0n) is 10.1. The molecule has 1 saturated carbocycles. The molecular weight excluding hydrogens is 220 g/mol. The summed E-state index contributed by atoms with van der Waals surface area (Å²) < 4.78 is 5.14. The smallest absolute Gasteiger partial charge is 0.119 e. The minimum Gasteiger partial charge on any atom is -0.378 e. The van der Waals surface area contributed by atoms with E-state index in [4.69, 9.17) is 4.74 Å². The number of ether oxygens (including phenoxy) is 1. The van der Waals surface area contributed by atoms with E-state index < -0.39 is 0 Å². The van der Waals surface area contributed by atoms with Crippen LogP contribution in [0.3, 0.4) is 0 Å². The lowest BCUT2D eigenvalue weighted by Crippen LogP contribution is -2.15. The lowest BCUT2D eigenvalue weighted by atomic mass is 10.2. The number of thiazole rings is 1. The van der Waals surface area contributed by atoms with Crippen molar-refractivity contribution in [2.75, 3.05) is 7.11 Å². The van der Waals surface area contributed by atoms with Crippen LogP contribution in [0, 0.1) is 0 Å². The van der Waals surface area contributed by atoms with Crippen LogP contribution in [-0.2, 0) is 24.3 Å². The number of rotatable bonds is 7. The Kier molecular flexibility index (Phi) is 4.32. The third kappa shape index (κ3) is 3.27. The molecule has 0 spiro atoms. The SMILES string of the molecule is CCCc1nc(COC)sc1CNC1CC1. The molecule has 2 rings (SSSR count). The highest BCUT2D eigenvalue weighted by Gasteiger charge is 2.21. The summed E-state index contributed by atoms with van der Waals surface area (Å²) in [6, 6.07) is 0.766. The Balaban J connectivity index is 1.99. The van der Waals surface area contributed by atoms with E-state index in [-0.39, 0.29) is 0 Å². The predicted octanol–water partition coefficient (Wildman–Crippen LogP) is 2.49. The van der Waals surface area contributed by atoms with Crippen LogP contribution in [0.5, 0.6) is 0 Å². The topological polar surface area (TPSA) is 34.1 Å². The molecule has 1 N–H and O–H groups in total. The lowest BCUT2D eigenvalue weighted by molar-refractivity contribution is 0.184. The van der Waals surface area contributed by atoms with Crippen molar-refractivity contribution in [2.45, 2.75) is 51.8 Å². The molecule has 0 radical (unpaired) electrons. The second kappa shape index (κ2) is 5.75. The highest BCUT2D eigenvalue weighted by molar-refractivity contribution is 7.11. The van der Waals surface area contributed by atoms with Crippen molar-refractivity contribution in [1.82, 2.24) is 10.3 Å². The number of aryl methyl sites for hydroxylation is 1. The monoisotopic (exact) mass is 240 g/mol. The van der Waals surface area contributed by atoms with Crippen LogP contribution in [0.4, 0.5) is 0 Å². The van der Waals surface area contributed by atoms with Crippen LogP contribution in [-0.4, -0.2) is 18.1 Å². The first-order valence-electron chi connectivity index (χ1n) is 6.03. The van der Waals surface area contributed by atoms with Crippen molar-refractivity contribution >= 4 is 11.3 Å². The van der Waals surface area contributed by atoms with Gasteiger partial charge in [0.15, 0.2) is 0 Å². The van der Waals surface area contributed by atoms with Crippen molar-refractivity contribution in [2.24, 2.45) is 0 Å². The van der Waals surface area contributed by atoms with Gasteiger partial charge in [-0.1, -0.05) is 13.3 Å². The van der Waals surface area contributed by atoms with E-state index in [2.05, 4.69) is 17.2 Å². The van der Waals surface area contributed by atoms with Gasteiger partial charge >= 0.3 is 0 Å². The molecule has 0 amide bonds. The molecule has 1 aromatic heterocycles. The minimum atomic E-state index is 0.644. The molecule has 16 heavy (non-hydrogen) atoms. The van der Waals surface area contributed by atoms with E-state index >= 15 is 0 Å². The number of hydrogen-bond acceptors (Lipinski definition) is 4. The zero-order chi connectivity index (χ0) is 11.4. The Labute approximate surface area is 101 Å². The van der Waals surface area contributed by atoms with Gasteiger partial charge in [0.1, 0.15) is 5.01 Å². The van der Waals surface area contributed by atoms with Crippen LogP contribution < -0.4 is 5.32 Å². The van der Waals surface area contributed by atoms with E-state index in [1.54, 1.807) is 18.4 Å². The van der Waals surface area contributed by atoms with Crippen molar-refractivity contribution in [1.29, 1.82) is 0 Å². The van der Waals surface area contributed by atoms with Gasteiger partial charge in [0, 0.05) is 24.6 Å². The van der Waals surface area contributed by atoms with Crippen LogP contribution in [0.25, 0.3) is 0 Å². The van der Waals surface area contributed by atoms with Gasteiger partial charge in [-0.25, -0.2) is 4.98 Å². The number of hydrogen-bond donors (Lipinski definition) is 1. The Morgan fingerprint density at radius 3 is 2.94 bits per heavy atom. The summed E-state index contributed by atoms with van der Waals surface area (Å²) in [6.45, 7) is 3.83. The van der Waals surface area contributed by atoms with Gasteiger partial charge in [0.2, 0.25) is 0 Å². The number of aromatic nitrogens is 1. The first-order valence-corrected chi connectivity index (χ1v) is 6.85. The largest absolute Gasteiger partial charge is 0.378 e. The predicted molar refractivity (Wildman–Crippen MR) is 66.7 cm³/mol. The average Bonchev–Trinajstić information content (AvgIpc) is 3.01. The molecule has 1 aliphatic carbocycles. The number of nitrogens with zero attached hydrogens (tertiary/aromatic N) is 1. The fourth-order valence-corrected chi connectivity index (χ4v) is 2.75. The first kappa shape index (κ1) is 12.0. The summed E-state index contributed by atoms with van der Waals surface area (Å²) in [5.41, 5.74) is 1.27. The van der Waals surface area contributed by atoms with E-state index in [9.17, 15) is 0 Å². The second-order valence-corrected chi connectivity index (χ2v) is 5.48. The maximum atomic E-state index is 5.14. The molecule has 0 aliphatic heterocycles. The Hall–Kier alpha value is -0.450. The maximum Gasteiger partial charge on any atom is 0.119 e. The van der Waals surface area contributed by atoms with E-state index in [1.165, 1.54) is 23.4 Å². The fourth-order valence-electron chi connectivity index (χ4n) is 1.72. The van der Waals surface area contributed by atoms with Crippen LogP contribution in [0.2, 0.25) is 0 Å². The molecule has 0 bridgehead atoms. The zero-order valence-corrected chi connectivity index (χ0v) is 10.9. The van der Waals surface area contributed by atoms with Crippen LogP contribution in [0.15, 0.2) is 0 Å². The van der Waals surface area contributed by atoms with Crippen LogP contribution in [0.1, 0.15) is 41.8 Å². The van der Waals surface area contributed by atoms with Crippen molar-refractivity contribution in [3.63, 3.8) is 0 Å². The number of methoxy groups -OCH3 is 1.